The minimum Gasteiger partial charge on any atom is -0.354 e. The average molecular weight is 282 g/mol. The predicted octanol–water partition coefficient (Wildman–Crippen LogP) is 2.02. The van der Waals surface area contributed by atoms with Crippen LogP contribution in [0.1, 0.15) is 42.5 Å². The summed E-state index contributed by atoms with van der Waals surface area (Å²) in [6.07, 6.45) is 7.21. The molecule has 1 aromatic rings. The molecule has 2 saturated heterocycles. The van der Waals surface area contributed by atoms with Crippen molar-refractivity contribution >= 4 is 5.82 Å². The zero-order chi connectivity index (χ0) is 14.2. The van der Waals surface area contributed by atoms with Gasteiger partial charge in [-0.05, 0) is 62.6 Å². The van der Waals surface area contributed by atoms with E-state index in [0.29, 0.717) is 6.04 Å². The molecule has 0 unspecified atom stereocenters. The van der Waals surface area contributed by atoms with E-state index < -0.39 is 0 Å². The zero-order valence-corrected chi connectivity index (χ0v) is 12.4. The molecule has 3 heterocycles. The molecule has 0 amide bonds. The molecule has 1 aliphatic carbocycles. The topological polar surface area (TPSA) is 52.0 Å². The zero-order valence-electron chi connectivity index (χ0n) is 12.4. The van der Waals surface area contributed by atoms with E-state index in [1.807, 2.05) is 0 Å². The van der Waals surface area contributed by atoms with Crippen molar-refractivity contribution in [3.63, 3.8) is 0 Å². The Labute approximate surface area is 126 Å². The molecule has 2 aliphatic heterocycles. The van der Waals surface area contributed by atoms with Gasteiger partial charge in [0.25, 0.3) is 0 Å². The number of nitriles is 1. The summed E-state index contributed by atoms with van der Waals surface area (Å²) in [5, 5.41) is 13.1. The Balaban J connectivity index is 1.66. The highest BCUT2D eigenvalue weighted by atomic mass is 15.2. The van der Waals surface area contributed by atoms with Crippen LogP contribution in [0.15, 0.2) is 6.07 Å². The number of fused-ring (bicyclic) bond motifs is 2. The van der Waals surface area contributed by atoms with Crippen LogP contribution in [0.4, 0.5) is 5.82 Å². The Bertz CT molecular complexity index is 575. The molecule has 0 spiro atoms. The third kappa shape index (κ3) is 2.30. The Morgan fingerprint density at radius 1 is 1.24 bits per heavy atom. The highest BCUT2D eigenvalue weighted by molar-refractivity contribution is 5.57. The molecule has 4 heteroatoms. The lowest BCUT2D eigenvalue weighted by Crippen LogP contribution is -2.40. The summed E-state index contributed by atoms with van der Waals surface area (Å²) in [4.78, 5) is 7.25. The molecule has 0 saturated carbocycles. The van der Waals surface area contributed by atoms with E-state index in [9.17, 15) is 5.26 Å². The summed E-state index contributed by atoms with van der Waals surface area (Å²) < 4.78 is 0. The quantitative estimate of drug-likeness (QED) is 0.856. The Kier molecular flexibility index (Phi) is 3.31. The third-order valence-electron chi connectivity index (χ3n) is 5.30. The maximum absolute atomic E-state index is 9.51. The number of pyridine rings is 1. The molecule has 0 aromatic carbocycles. The SMILES string of the molecule is N#Cc1cc2c(nc1N1C[C@@H]3CCCN[C@@H]3C1)CCCC2. The average Bonchev–Trinajstić information content (AvgIpc) is 2.97. The van der Waals surface area contributed by atoms with Crippen LogP contribution in [0, 0.1) is 17.2 Å². The number of hydrogen-bond acceptors (Lipinski definition) is 4. The van der Waals surface area contributed by atoms with Gasteiger partial charge in [0.05, 0.1) is 5.56 Å². The lowest BCUT2D eigenvalue weighted by Gasteiger charge is -2.24. The van der Waals surface area contributed by atoms with Crippen molar-refractivity contribution in [2.24, 2.45) is 5.92 Å². The molecule has 1 N–H and O–H groups in total. The van der Waals surface area contributed by atoms with Gasteiger partial charge in [-0.3, -0.25) is 0 Å². The van der Waals surface area contributed by atoms with E-state index >= 15 is 0 Å². The van der Waals surface area contributed by atoms with Crippen molar-refractivity contribution in [1.29, 1.82) is 5.26 Å². The first-order chi connectivity index (χ1) is 10.3. The number of anilines is 1. The fourth-order valence-electron chi connectivity index (χ4n) is 4.17. The van der Waals surface area contributed by atoms with Crippen LogP contribution < -0.4 is 10.2 Å². The molecular weight excluding hydrogens is 260 g/mol. The van der Waals surface area contributed by atoms with Gasteiger partial charge < -0.3 is 10.2 Å². The number of piperidine rings is 1. The van der Waals surface area contributed by atoms with Crippen molar-refractivity contribution in [3.8, 4) is 6.07 Å². The molecule has 21 heavy (non-hydrogen) atoms. The van der Waals surface area contributed by atoms with Gasteiger partial charge in [0, 0.05) is 24.8 Å². The number of nitrogens with one attached hydrogen (secondary N) is 1. The first-order valence-electron chi connectivity index (χ1n) is 8.26. The first kappa shape index (κ1) is 13.1. The maximum Gasteiger partial charge on any atom is 0.146 e. The monoisotopic (exact) mass is 282 g/mol. The number of nitrogens with zero attached hydrogens (tertiary/aromatic N) is 3. The van der Waals surface area contributed by atoms with Gasteiger partial charge in [0.15, 0.2) is 0 Å². The summed E-state index contributed by atoms with van der Waals surface area (Å²) in [6, 6.07) is 5.07. The highest BCUT2D eigenvalue weighted by Crippen LogP contribution is 2.32. The van der Waals surface area contributed by atoms with E-state index in [-0.39, 0.29) is 0 Å². The summed E-state index contributed by atoms with van der Waals surface area (Å²) in [6.45, 7) is 3.20. The van der Waals surface area contributed by atoms with Gasteiger partial charge in [-0.2, -0.15) is 5.26 Å². The Morgan fingerprint density at radius 3 is 3.00 bits per heavy atom. The number of hydrogen-bond donors (Lipinski definition) is 1. The summed E-state index contributed by atoms with van der Waals surface area (Å²) in [5.41, 5.74) is 3.31. The van der Waals surface area contributed by atoms with Gasteiger partial charge in [-0.15, -0.1) is 0 Å². The van der Waals surface area contributed by atoms with Crippen LogP contribution in [0.3, 0.4) is 0 Å². The molecule has 0 radical (unpaired) electrons. The third-order valence-corrected chi connectivity index (χ3v) is 5.30. The standard InChI is InChI=1S/C17H22N4/c18-9-14-8-12-4-1-2-6-15(12)20-17(14)21-10-13-5-3-7-19-16(13)11-21/h8,13,16,19H,1-7,10-11H2/t13-,16+/m0/s1. The fourth-order valence-corrected chi connectivity index (χ4v) is 4.17. The lowest BCUT2D eigenvalue weighted by molar-refractivity contribution is 0.340. The summed E-state index contributed by atoms with van der Waals surface area (Å²) >= 11 is 0. The second-order valence-electron chi connectivity index (χ2n) is 6.65. The van der Waals surface area contributed by atoms with Crippen LogP contribution in [-0.2, 0) is 12.8 Å². The van der Waals surface area contributed by atoms with E-state index in [0.717, 1.165) is 49.8 Å². The minimum atomic E-state index is 0.586. The predicted molar refractivity (Wildman–Crippen MR) is 82.3 cm³/mol. The summed E-state index contributed by atoms with van der Waals surface area (Å²) in [7, 11) is 0. The van der Waals surface area contributed by atoms with Gasteiger partial charge in [-0.1, -0.05) is 0 Å². The van der Waals surface area contributed by atoms with Crippen molar-refractivity contribution in [1.82, 2.24) is 10.3 Å². The molecular formula is C17H22N4. The highest BCUT2D eigenvalue weighted by Gasteiger charge is 2.35. The fraction of sp³-hybridized carbons (Fsp3) is 0.647. The van der Waals surface area contributed by atoms with E-state index in [4.69, 9.17) is 4.98 Å². The second kappa shape index (κ2) is 5.31. The minimum absolute atomic E-state index is 0.586. The molecule has 2 fully saturated rings. The Morgan fingerprint density at radius 2 is 2.14 bits per heavy atom. The molecule has 2 atom stereocenters. The maximum atomic E-state index is 9.51. The second-order valence-corrected chi connectivity index (χ2v) is 6.65. The van der Waals surface area contributed by atoms with Crippen LogP contribution in [0.5, 0.6) is 0 Å². The van der Waals surface area contributed by atoms with E-state index in [2.05, 4.69) is 22.4 Å². The molecule has 110 valence electrons. The Hall–Kier alpha value is -1.60. The normalized spacial score (nSPS) is 27.9. The van der Waals surface area contributed by atoms with Crippen molar-refractivity contribution < 1.29 is 0 Å². The molecule has 1 aromatic heterocycles. The molecule has 3 aliphatic rings. The molecule has 4 rings (SSSR count). The van der Waals surface area contributed by atoms with Crippen molar-refractivity contribution in [3.05, 3.63) is 22.9 Å². The van der Waals surface area contributed by atoms with Crippen molar-refractivity contribution in [2.45, 2.75) is 44.6 Å². The van der Waals surface area contributed by atoms with E-state index in [1.54, 1.807) is 0 Å². The smallest absolute Gasteiger partial charge is 0.146 e. The largest absolute Gasteiger partial charge is 0.354 e. The summed E-state index contributed by atoms with van der Waals surface area (Å²) in [5.74, 6) is 1.66. The van der Waals surface area contributed by atoms with E-state index in [1.165, 1.54) is 36.9 Å². The molecule has 0 bridgehead atoms. The lowest BCUT2D eigenvalue weighted by atomic mass is 9.94. The van der Waals surface area contributed by atoms with Gasteiger partial charge in [0.1, 0.15) is 11.9 Å². The van der Waals surface area contributed by atoms with Gasteiger partial charge >= 0.3 is 0 Å². The van der Waals surface area contributed by atoms with Crippen LogP contribution >= 0.6 is 0 Å². The number of aryl methyl sites for hydroxylation is 2. The number of aromatic nitrogens is 1. The van der Waals surface area contributed by atoms with Crippen LogP contribution in [-0.4, -0.2) is 30.7 Å². The van der Waals surface area contributed by atoms with Gasteiger partial charge in [0.2, 0.25) is 0 Å². The van der Waals surface area contributed by atoms with Gasteiger partial charge in [-0.25, -0.2) is 4.98 Å². The van der Waals surface area contributed by atoms with Crippen LogP contribution in [0.2, 0.25) is 0 Å². The number of rotatable bonds is 1. The van der Waals surface area contributed by atoms with Crippen molar-refractivity contribution in [2.75, 3.05) is 24.5 Å². The first-order valence-corrected chi connectivity index (χ1v) is 8.26. The molecule has 4 nitrogen and oxygen atoms in total. The van der Waals surface area contributed by atoms with Crippen LogP contribution in [0.25, 0.3) is 0 Å².